The minimum Gasteiger partial charge on any atom is -0.497 e. The molecule has 6 nitrogen and oxygen atoms in total. The van der Waals surface area contributed by atoms with E-state index in [9.17, 15) is 4.79 Å². The predicted octanol–water partition coefficient (Wildman–Crippen LogP) is 3.32. The molecule has 132 valence electrons. The van der Waals surface area contributed by atoms with Gasteiger partial charge in [-0.15, -0.1) is 0 Å². The Morgan fingerprint density at radius 3 is 2.52 bits per heavy atom. The molecule has 1 aromatic carbocycles. The fourth-order valence-electron chi connectivity index (χ4n) is 2.51. The molecule has 3 rings (SSSR count). The molecule has 0 radical (unpaired) electrons. The quantitative estimate of drug-likeness (QED) is 0.721. The molecule has 2 aromatic rings. The van der Waals surface area contributed by atoms with Crippen LogP contribution in [-0.2, 0) is 4.79 Å². The molecule has 1 heterocycles. The lowest BCUT2D eigenvalue weighted by Gasteiger charge is -2.23. The Morgan fingerprint density at radius 2 is 1.92 bits per heavy atom. The second-order valence-corrected chi connectivity index (χ2v) is 6.00. The summed E-state index contributed by atoms with van der Waals surface area (Å²) in [6.07, 6.45) is 4.81. The van der Waals surface area contributed by atoms with Crippen LogP contribution in [0, 0.1) is 5.92 Å². The Bertz CT molecular complexity index is 682. The normalized spacial score (nSPS) is 13.6. The van der Waals surface area contributed by atoms with Crippen LogP contribution >= 0.6 is 0 Å². The number of hydrogen-bond donors (Lipinski definition) is 2. The summed E-state index contributed by atoms with van der Waals surface area (Å²) < 4.78 is 10.8. The lowest BCUT2D eigenvalue weighted by molar-refractivity contribution is -0.122. The Kier molecular flexibility index (Phi) is 5.72. The van der Waals surface area contributed by atoms with E-state index in [0.29, 0.717) is 13.2 Å². The van der Waals surface area contributed by atoms with E-state index < -0.39 is 0 Å². The smallest absolute Gasteiger partial charge is 0.227 e. The highest BCUT2D eigenvalue weighted by Gasteiger charge is 2.25. The topological polar surface area (TPSA) is 72.5 Å². The van der Waals surface area contributed by atoms with Gasteiger partial charge in [0.25, 0.3) is 0 Å². The molecule has 0 saturated heterocycles. The number of hydrogen-bond acceptors (Lipinski definition) is 5. The standard InChI is InChI=1S/C19H23N3O3/c1-24-16-6-8-17(9-7-16)25-12-11-20-18-10-5-15(13-21-18)22-19(23)14-3-2-4-14/h5-10,13-14H,2-4,11-12H2,1H3,(H,20,21)(H,22,23). The third kappa shape index (κ3) is 4.86. The van der Waals surface area contributed by atoms with Crippen molar-refractivity contribution in [3.63, 3.8) is 0 Å². The molecule has 0 unspecified atom stereocenters. The maximum atomic E-state index is 11.9. The van der Waals surface area contributed by atoms with Gasteiger partial charge in [-0.2, -0.15) is 0 Å². The van der Waals surface area contributed by atoms with E-state index in [1.54, 1.807) is 13.3 Å². The van der Waals surface area contributed by atoms with Crippen molar-refractivity contribution in [1.82, 2.24) is 4.98 Å². The molecule has 0 atom stereocenters. The minimum atomic E-state index is 0.0988. The first-order valence-corrected chi connectivity index (χ1v) is 8.52. The van der Waals surface area contributed by atoms with Crippen molar-refractivity contribution >= 4 is 17.4 Å². The van der Waals surface area contributed by atoms with Crippen molar-refractivity contribution in [2.24, 2.45) is 5.92 Å². The second-order valence-electron chi connectivity index (χ2n) is 6.00. The van der Waals surface area contributed by atoms with Crippen molar-refractivity contribution in [3.8, 4) is 11.5 Å². The highest BCUT2D eigenvalue weighted by molar-refractivity contribution is 5.92. The van der Waals surface area contributed by atoms with Gasteiger partial charge in [0.15, 0.2) is 0 Å². The lowest BCUT2D eigenvalue weighted by Crippen LogP contribution is -2.28. The van der Waals surface area contributed by atoms with Crippen LogP contribution < -0.4 is 20.1 Å². The van der Waals surface area contributed by atoms with E-state index in [1.165, 1.54) is 0 Å². The van der Waals surface area contributed by atoms with Gasteiger partial charge >= 0.3 is 0 Å². The molecular weight excluding hydrogens is 318 g/mol. The minimum absolute atomic E-state index is 0.0988. The van der Waals surface area contributed by atoms with E-state index in [4.69, 9.17) is 9.47 Å². The summed E-state index contributed by atoms with van der Waals surface area (Å²) in [5.41, 5.74) is 0.733. The van der Waals surface area contributed by atoms with Crippen LogP contribution in [0.15, 0.2) is 42.6 Å². The molecule has 2 N–H and O–H groups in total. The number of nitrogens with one attached hydrogen (secondary N) is 2. The summed E-state index contributed by atoms with van der Waals surface area (Å²) >= 11 is 0. The zero-order valence-electron chi connectivity index (χ0n) is 14.3. The molecule has 1 aromatic heterocycles. The number of anilines is 2. The Hall–Kier alpha value is -2.76. The maximum absolute atomic E-state index is 11.9. The second kappa shape index (κ2) is 8.37. The first kappa shape index (κ1) is 17.1. The van der Waals surface area contributed by atoms with Crippen LogP contribution in [-0.4, -0.2) is 31.2 Å². The number of carbonyl (C=O) groups is 1. The number of benzene rings is 1. The molecule has 1 saturated carbocycles. The SMILES string of the molecule is COc1ccc(OCCNc2ccc(NC(=O)C3CCC3)cn2)cc1. The van der Waals surface area contributed by atoms with Crippen LogP contribution in [0.5, 0.6) is 11.5 Å². The molecular formula is C19H23N3O3. The van der Waals surface area contributed by atoms with Gasteiger partial charge in [-0.25, -0.2) is 4.98 Å². The Labute approximate surface area is 147 Å². The third-order valence-corrected chi connectivity index (χ3v) is 4.24. The van der Waals surface area contributed by atoms with E-state index in [0.717, 1.165) is 42.3 Å². The van der Waals surface area contributed by atoms with E-state index in [2.05, 4.69) is 15.6 Å². The highest BCUT2D eigenvalue weighted by Crippen LogP contribution is 2.27. The average Bonchev–Trinajstić information content (AvgIpc) is 2.59. The van der Waals surface area contributed by atoms with Crippen molar-refractivity contribution in [2.75, 3.05) is 30.9 Å². The summed E-state index contributed by atoms with van der Waals surface area (Å²) in [5.74, 6) is 2.62. The maximum Gasteiger partial charge on any atom is 0.227 e. The lowest BCUT2D eigenvalue weighted by atomic mass is 9.85. The van der Waals surface area contributed by atoms with Crippen molar-refractivity contribution < 1.29 is 14.3 Å². The largest absolute Gasteiger partial charge is 0.497 e. The molecule has 25 heavy (non-hydrogen) atoms. The predicted molar refractivity (Wildman–Crippen MR) is 97.2 cm³/mol. The number of pyridine rings is 1. The number of methoxy groups -OCH3 is 1. The molecule has 1 amide bonds. The molecule has 1 aliphatic rings. The Morgan fingerprint density at radius 1 is 1.16 bits per heavy atom. The summed E-state index contributed by atoms with van der Waals surface area (Å²) in [6, 6.07) is 11.2. The fourth-order valence-corrected chi connectivity index (χ4v) is 2.51. The van der Waals surface area contributed by atoms with Gasteiger partial charge in [-0.3, -0.25) is 4.79 Å². The molecule has 1 aliphatic carbocycles. The highest BCUT2D eigenvalue weighted by atomic mass is 16.5. The molecule has 0 spiro atoms. The first-order valence-electron chi connectivity index (χ1n) is 8.52. The first-order chi connectivity index (χ1) is 12.2. The van der Waals surface area contributed by atoms with Crippen molar-refractivity contribution in [1.29, 1.82) is 0 Å². The van der Waals surface area contributed by atoms with E-state index in [-0.39, 0.29) is 11.8 Å². The average molecular weight is 341 g/mol. The zero-order chi connectivity index (χ0) is 17.5. The van der Waals surface area contributed by atoms with Gasteiger partial charge in [0.05, 0.1) is 25.5 Å². The Balaban J connectivity index is 1.38. The van der Waals surface area contributed by atoms with Gasteiger partial charge in [-0.05, 0) is 49.2 Å². The fraction of sp³-hybridized carbons (Fsp3) is 0.368. The van der Waals surface area contributed by atoms with Crippen molar-refractivity contribution in [2.45, 2.75) is 19.3 Å². The molecule has 1 fully saturated rings. The number of carbonyl (C=O) groups excluding carboxylic acids is 1. The summed E-state index contributed by atoms with van der Waals surface area (Å²) in [4.78, 5) is 16.2. The van der Waals surface area contributed by atoms with E-state index >= 15 is 0 Å². The van der Waals surface area contributed by atoms with Crippen LogP contribution in [0.4, 0.5) is 11.5 Å². The molecule has 6 heteroatoms. The van der Waals surface area contributed by atoms with Crippen LogP contribution in [0.2, 0.25) is 0 Å². The number of aromatic nitrogens is 1. The third-order valence-electron chi connectivity index (χ3n) is 4.24. The van der Waals surface area contributed by atoms with Crippen LogP contribution in [0.25, 0.3) is 0 Å². The van der Waals surface area contributed by atoms with Gasteiger partial charge in [0.1, 0.15) is 23.9 Å². The number of ether oxygens (including phenoxy) is 2. The molecule has 0 bridgehead atoms. The zero-order valence-corrected chi connectivity index (χ0v) is 14.3. The number of nitrogens with zero attached hydrogens (tertiary/aromatic N) is 1. The summed E-state index contributed by atoms with van der Waals surface area (Å²) in [6.45, 7) is 1.15. The van der Waals surface area contributed by atoms with Gasteiger partial charge < -0.3 is 20.1 Å². The number of amides is 1. The van der Waals surface area contributed by atoms with Crippen LogP contribution in [0.3, 0.4) is 0 Å². The van der Waals surface area contributed by atoms with E-state index in [1.807, 2.05) is 36.4 Å². The number of rotatable bonds is 8. The van der Waals surface area contributed by atoms with Gasteiger partial charge in [0, 0.05) is 5.92 Å². The summed E-state index contributed by atoms with van der Waals surface area (Å²) in [7, 11) is 1.64. The van der Waals surface area contributed by atoms with Crippen molar-refractivity contribution in [3.05, 3.63) is 42.6 Å². The van der Waals surface area contributed by atoms with Crippen LogP contribution in [0.1, 0.15) is 19.3 Å². The van der Waals surface area contributed by atoms with Gasteiger partial charge in [0.2, 0.25) is 5.91 Å². The molecule has 0 aliphatic heterocycles. The monoisotopic (exact) mass is 341 g/mol. The summed E-state index contributed by atoms with van der Waals surface area (Å²) in [5, 5.41) is 6.09. The van der Waals surface area contributed by atoms with Gasteiger partial charge in [-0.1, -0.05) is 6.42 Å².